The summed E-state index contributed by atoms with van der Waals surface area (Å²) in [6.07, 6.45) is 14.2. The maximum absolute atomic E-state index is 2.51. The molecule has 0 spiro atoms. The summed E-state index contributed by atoms with van der Waals surface area (Å²) in [5, 5.41) is 0.450. The van der Waals surface area contributed by atoms with Crippen molar-refractivity contribution < 1.29 is 0 Å². The molecule has 0 fully saturated rings. The summed E-state index contributed by atoms with van der Waals surface area (Å²) in [4.78, 5) is 0. The molecule has 2 heteroatoms. The molecule has 0 heterocycles. The predicted molar refractivity (Wildman–Crippen MR) is 100 cm³/mol. The summed E-state index contributed by atoms with van der Waals surface area (Å²) in [7, 11) is 5.02. The molecular weight excluding hydrogens is 238 g/mol. The van der Waals surface area contributed by atoms with Crippen molar-refractivity contribution in [2.24, 2.45) is 11.3 Å². The standard InChI is InChI=1S/C18H40B2/c1-6-8-10-12-14-16(15-13-11-9-7-2)18(19,20)17(3,4)5/h16H,6-15,19-20H2,1-5H3. The molecule has 0 aromatic carbocycles. The van der Waals surface area contributed by atoms with Gasteiger partial charge in [0, 0.05) is 0 Å². The van der Waals surface area contributed by atoms with Gasteiger partial charge in [0.05, 0.1) is 0 Å². The summed E-state index contributed by atoms with van der Waals surface area (Å²) in [6, 6.07) is 0. The molecule has 0 radical (unpaired) electrons. The summed E-state index contributed by atoms with van der Waals surface area (Å²) in [5.41, 5.74) is 0.410. The van der Waals surface area contributed by atoms with E-state index in [-0.39, 0.29) is 0 Å². The minimum atomic E-state index is 0.410. The Balaban J connectivity index is 4.45. The van der Waals surface area contributed by atoms with Crippen LogP contribution in [-0.2, 0) is 0 Å². The van der Waals surface area contributed by atoms with Crippen LogP contribution in [0.2, 0.25) is 5.21 Å². The maximum Gasteiger partial charge on any atom is 0.100 e. The fraction of sp³-hybridized carbons (Fsp3) is 1.00. The van der Waals surface area contributed by atoms with E-state index in [1.807, 2.05) is 0 Å². The Morgan fingerprint density at radius 1 is 0.700 bits per heavy atom. The van der Waals surface area contributed by atoms with Crippen molar-refractivity contribution in [3.63, 3.8) is 0 Å². The van der Waals surface area contributed by atoms with Crippen molar-refractivity contribution in [2.75, 3.05) is 0 Å². The van der Waals surface area contributed by atoms with E-state index in [9.17, 15) is 0 Å². The molecule has 0 rings (SSSR count). The molecule has 0 aromatic rings. The van der Waals surface area contributed by atoms with Crippen LogP contribution in [0.1, 0.15) is 98.8 Å². The summed E-state index contributed by atoms with van der Waals surface area (Å²) in [5.74, 6) is 0.899. The zero-order valence-corrected chi connectivity index (χ0v) is 15.6. The Labute approximate surface area is 131 Å². The average molecular weight is 278 g/mol. The average Bonchev–Trinajstić information content (AvgIpc) is 2.35. The first-order valence-corrected chi connectivity index (χ1v) is 9.27. The van der Waals surface area contributed by atoms with E-state index in [1.54, 1.807) is 0 Å². The van der Waals surface area contributed by atoms with E-state index in [0.717, 1.165) is 5.92 Å². The highest BCUT2D eigenvalue weighted by Gasteiger charge is 2.38. The highest BCUT2D eigenvalue weighted by atomic mass is 14.4. The molecule has 0 aliphatic rings. The molecule has 0 atom stereocenters. The monoisotopic (exact) mass is 278 g/mol. The molecule has 0 aliphatic carbocycles. The van der Waals surface area contributed by atoms with Crippen LogP contribution in [0, 0.1) is 11.3 Å². The van der Waals surface area contributed by atoms with E-state index in [4.69, 9.17) is 0 Å². The molecule has 0 saturated carbocycles. The van der Waals surface area contributed by atoms with Crippen molar-refractivity contribution in [3.8, 4) is 0 Å². The second-order valence-electron chi connectivity index (χ2n) is 8.37. The summed E-state index contributed by atoms with van der Waals surface area (Å²) >= 11 is 0. The Hall–Kier alpha value is 0.130. The van der Waals surface area contributed by atoms with Crippen molar-refractivity contribution in [2.45, 2.75) is 104 Å². The molecule has 0 amide bonds. The van der Waals surface area contributed by atoms with Crippen LogP contribution in [-0.4, -0.2) is 15.7 Å². The van der Waals surface area contributed by atoms with E-state index in [2.05, 4.69) is 50.3 Å². The second kappa shape index (κ2) is 9.96. The van der Waals surface area contributed by atoms with Crippen LogP contribution in [0.25, 0.3) is 0 Å². The number of rotatable bonds is 11. The number of hydrogen-bond acceptors (Lipinski definition) is 0. The minimum Gasteiger partial charge on any atom is -0.0771 e. The predicted octanol–water partition coefficient (Wildman–Crippen LogP) is 4.97. The van der Waals surface area contributed by atoms with Crippen molar-refractivity contribution >= 4 is 15.7 Å². The lowest BCUT2D eigenvalue weighted by atomic mass is 9.37. The quantitative estimate of drug-likeness (QED) is 0.369. The molecule has 0 saturated heterocycles. The van der Waals surface area contributed by atoms with Gasteiger partial charge in [-0.25, -0.2) is 0 Å². The van der Waals surface area contributed by atoms with Crippen LogP contribution in [0.4, 0.5) is 0 Å². The first-order valence-electron chi connectivity index (χ1n) is 9.27. The molecule has 0 N–H and O–H groups in total. The van der Waals surface area contributed by atoms with Gasteiger partial charge >= 0.3 is 0 Å². The van der Waals surface area contributed by atoms with Crippen LogP contribution < -0.4 is 0 Å². The van der Waals surface area contributed by atoms with E-state index >= 15 is 0 Å². The van der Waals surface area contributed by atoms with Gasteiger partial charge in [-0.3, -0.25) is 0 Å². The fourth-order valence-electron chi connectivity index (χ4n) is 3.11. The highest BCUT2D eigenvalue weighted by Crippen LogP contribution is 2.49. The normalized spacial score (nSPS) is 13.1. The molecule has 0 aromatic heterocycles. The van der Waals surface area contributed by atoms with Gasteiger partial charge in [0.25, 0.3) is 0 Å². The number of unbranched alkanes of at least 4 members (excludes halogenated alkanes) is 6. The van der Waals surface area contributed by atoms with Gasteiger partial charge in [-0.2, -0.15) is 0 Å². The lowest BCUT2D eigenvalue weighted by Crippen LogP contribution is -2.37. The maximum atomic E-state index is 2.51. The van der Waals surface area contributed by atoms with Crippen molar-refractivity contribution in [3.05, 3.63) is 0 Å². The Morgan fingerprint density at radius 2 is 1.10 bits per heavy atom. The zero-order valence-electron chi connectivity index (χ0n) is 15.6. The molecule has 20 heavy (non-hydrogen) atoms. The van der Waals surface area contributed by atoms with Gasteiger partial charge in [0.1, 0.15) is 15.7 Å². The fourth-order valence-corrected chi connectivity index (χ4v) is 3.11. The molecule has 0 nitrogen and oxygen atoms in total. The van der Waals surface area contributed by atoms with Gasteiger partial charge in [-0.15, -0.1) is 0 Å². The van der Waals surface area contributed by atoms with Crippen LogP contribution >= 0.6 is 0 Å². The SMILES string of the molecule is BC(B)(C(CCCCCC)CCCCCC)C(C)(C)C. The highest BCUT2D eigenvalue weighted by molar-refractivity contribution is 6.40. The minimum absolute atomic E-state index is 0.410. The van der Waals surface area contributed by atoms with Gasteiger partial charge in [0.2, 0.25) is 0 Å². The van der Waals surface area contributed by atoms with E-state index in [1.165, 1.54) is 64.2 Å². The molecular formula is C18H40B2. The third-order valence-corrected chi connectivity index (χ3v) is 5.77. The van der Waals surface area contributed by atoms with Crippen molar-refractivity contribution in [1.82, 2.24) is 0 Å². The lowest BCUT2D eigenvalue weighted by molar-refractivity contribution is 0.228. The zero-order chi connectivity index (χ0) is 15.6. The smallest absolute Gasteiger partial charge is 0.0771 e. The van der Waals surface area contributed by atoms with Gasteiger partial charge in [-0.05, 0) is 11.3 Å². The molecule has 0 aliphatic heterocycles. The largest absolute Gasteiger partial charge is 0.100 e. The van der Waals surface area contributed by atoms with E-state index in [0.29, 0.717) is 10.6 Å². The Kier molecular flexibility index (Phi) is 10.0. The summed E-state index contributed by atoms with van der Waals surface area (Å²) in [6.45, 7) is 11.9. The van der Waals surface area contributed by atoms with E-state index < -0.39 is 0 Å². The number of hydrogen-bond donors (Lipinski definition) is 0. The van der Waals surface area contributed by atoms with Crippen LogP contribution in [0.5, 0.6) is 0 Å². The Bertz CT molecular complexity index is 216. The first kappa shape index (κ1) is 20.1. The van der Waals surface area contributed by atoms with Gasteiger partial charge in [-0.1, -0.05) is 104 Å². The van der Waals surface area contributed by atoms with Gasteiger partial charge < -0.3 is 0 Å². The molecule has 118 valence electrons. The van der Waals surface area contributed by atoms with Crippen molar-refractivity contribution in [1.29, 1.82) is 0 Å². The lowest BCUT2D eigenvalue weighted by Gasteiger charge is -2.46. The molecule has 0 bridgehead atoms. The Morgan fingerprint density at radius 3 is 1.40 bits per heavy atom. The second-order valence-corrected chi connectivity index (χ2v) is 8.37. The topological polar surface area (TPSA) is 0 Å². The van der Waals surface area contributed by atoms with Crippen LogP contribution in [0.3, 0.4) is 0 Å². The third-order valence-electron chi connectivity index (χ3n) is 5.77. The summed E-state index contributed by atoms with van der Waals surface area (Å²) < 4.78 is 0. The first-order chi connectivity index (χ1) is 9.27. The third kappa shape index (κ3) is 7.23. The molecule has 0 unspecified atom stereocenters. The van der Waals surface area contributed by atoms with Crippen LogP contribution in [0.15, 0.2) is 0 Å². The van der Waals surface area contributed by atoms with Gasteiger partial charge in [0.15, 0.2) is 0 Å².